The third kappa shape index (κ3) is 3.51. The quantitative estimate of drug-likeness (QED) is 0.541. The Morgan fingerprint density at radius 1 is 1.11 bits per heavy atom. The summed E-state index contributed by atoms with van der Waals surface area (Å²) >= 11 is 1.63. The van der Waals surface area contributed by atoms with Gasteiger partial charge in [-0.25, -0.2) is 0 Å². The molecule has 0 N–H and O–H groups in total. The summed E-state index contributed by atoms with van der Waals surface area (Å²) in [5, 5.41) is 3.27. The molecule has 6 rings (SSSR count). The van der Waals surface area contributed by atoms with E-state index in [0.717, 1.165) is 40.3 Å². The van der Waals surface area contributed by atoms with Crippen molar-refractivity contribution in [3.05, 3.63) is 77.5 Å². The number of fused-ring (bicyclic) bond motifs is 2. The zero-order valence-electron chi connectivity index (χ0n) is 20.5. The van der Waals surface area contributed by atoms with Gasteiger partial charge in [-0.3, -0.25) is 19.4 Å². The van der Waals surface area contributed by atoms with E-state index in [-0.39, 0.29) is 6.67 Å². The molecule has 3 aliphatic heterocycles. The monoisotopic (exact) mass is 543 g/mol. The van der Waals surface area contributed by atoms with Crippen molar-refractivity contribution in [2.75, 3.05) is 6.67 Å². The minimum Gasteiger partial charge on any atom is -0.458 e. The van der Waals surface area contributed by atoms with Crippen LogP contribution in [0.3, 0.4) is 0 Å². The van der Waals surface area contributed by atoms with Crippen LogP contribution in [-0.4, -0.2) is 63.1 Å². The smallest absolute Gasteiger partial charge is 0.408 e. The predicted octanol–water partition coefficient (Wildman–Crippen LogP) is 4.05. The highest BCUT2D eigenvalue weighted by Gasteiger charge is 2.82. The molecule has 0 aromatic heterocycles. The van der Waals surface area contributed by atoms with Crippen molar-refractivity contribution in [2.45, 2.75) is 54.4 Å². The van der Waals surface area contributed by atoms with Crippen molar-refractivity contribution in [3.8, 4) is 0 Å². The van der Waals surface area contributed by atoms with E-state index in [9.17, 15) is 27.6 Å². The number of allylic oxidation sites excluding steroid dienone is 1. The van der Waals surface area contributed by atoms with Gasteiger partial charge in [0.15, 0.2) is 11.3 Å². The first-order chi connectivity index (χ1) is 18.1. The lowest BCUT2D eigenvalue weighted by molar-refractivity contribution is -0.223. The van der Waals surface area contributed by atoms with Crippen LogP contribution in [0.25, 0.3) is 0 Å². The highest BCUT2D eigenvalue weighted by Crippen LogP contribution is 2.59. The van der Waals surface area contributed by atoms with E-state index in [1.54, 1.807) is 21.8 Å². The number of benzene rings is 2. The molecule has 4 aliphatic rings. The number of esters is 1. The Kier molecular flexibility index (Phi) is 5.66. The summed E-state index contributed by atoms with van der Waals surface area (Å²) in [5.41, 5.74) is 0.998. The van der Waals surface area contributed by atoms with Crippen molar-refractivity contribution in [2.24, 2.45) is 5.92 Å². The molecular formula is C27H24F3N3O4S. The summed E-state index contributed by atoms with van der Waals surface area (Å²) in [6.45, 7) is 1.71. The lowest BCUT2D eigenvalue weighted by Gasteiger charge is -2.53. The molecule has 2 fully saturated rings. The summed E-state index contributed by atoms with van der Waals surface area (Å²) in [4.78, 5) is 40.5. The summed E-state index contributed by atoms with van der Waals surface area (Å²) in [6, 6.07) is 12.7. The Bertz CT molecular complexity index is 1330. The van der Waals surface area contributed by atoms with E-state index in [1.165, 1.54) is 12.3 Å². The summed E-state index contributed by atoms with van der Waals surface area (Å²) in [5.74, 6) is -2.48. The molecule has 5 atom stereocenters. The van der Waals surface area contributed by atoms with E-state index in [0.29, 0.717) is 5.75 Å². The molecule has 3 unspecified atom stereocenters. The van der Waals surface area contributed by atoms with Crippen molar-refractivity contribution in [1.82, 2.24) is 14.9 Å². The molecule has 1 saturated carbocycles. The second-order valence-electron chi connectivity index (χ2n) is 9.90. The standard InChI is InChI=1S/C27H24F3N3O4S/c1-15(27(28,29)30)31-14-32(33-12-11-20(35)22-24(37-16(2)34)26(22,33)25(31)36)23-18-8-4-3-7-17(18)13-38-21-10-6-5-9-19(21)23/h3-12,15,22-24H,13-14H2,1-2H3/t15-,22?,23-,24?,26?/m0/s1. The van der Waals surface area contributed by atoms with E-state index in [1.807, 2.05) is 48.5 Å². The van der Waals surface area contributed by atoms with Crippen LogP contribution in [0.1, 0.15) is 36.6 Å². The molecule has 1 spiro atoms. The summed E-state index contributed by atoms with van der Waals surface area (Å²) < 4.78 is 47.6. The maximum absolute atomic E-state index is 14.1. The van der Waals surface area contributed by atoms with Gasteiger partial charge in [-0.15, -0.1) is 11.8 Å². The van der Waals surface area contributed by atoms with Gasteiger partial charge >= 0.3 is 12.1 Å². The second kappa shape index (κ2) is 8.60. The number of amides is 1. The Morgan fingerprint density at radius 2 is 1.79 bits per heavy atom. The average Bonchev–Trinajstić information content (AvgIpc) is 3.57. The SMILES string of the molecule is CC(=O)OC1C2C(=O)C=CN3N([C@H]4c5ccccc5CSc5ccccc54)CN([C@@H](C)C(F)(F)F)C(=O)C123. The molecule has 2 aromatic carbocycles. The molecule has 1 aliphatic carbocycles. The van der Waals surface area contributed by atoms with Crippen molar-refractivity contribution in [3.63, 3.8) is 0 Å². The van der Waals surface area contributed by atoms with Crippen LogP contribution in [0, 0.1) is 5.92 Å². The van der Waals surface area contributed by atoms with Crippen LogP contribution in [0.15, 0.2) is 65.7 Å². The molecule has 2 aromatic rings. The number of hydrogen-bond acceptors (Lipinski definition) is 7. The molecule has 3 heterocycles. The fourth-order valence-electron chi connectivity index (χ4n) is 5.96. The highest BCUT2D eigenvalue weighted by molar-refractivity contribution is 7.98. The van der Waals surface area contributed by atoms with Gasteiger partial charge in [-0.1, -0.05) is 42.5 Å². The van der Waals surface area contributed by atoms with Crippen LogP contribution in [-0.2, 0) is 24.9 Å². The van der Waals surface area contributed by atoms with E-state index in [2.05, 4.69) is 0 Å². The molecular weight excluding hydrogens is 519 g/mol. The van der Waals surface area contributed by atoms with Gasteiger partial charge in [0.25, 0.3) is 5.91 Å². The van der Waals surface area contributed by atoms with Crippen LogP contribution in [0.2, 0.25) is 0 Å². The largest absolute Gasteiger partial charge is 0.458 e. The summed E-state index contributed by atoms with van der Waals surface area (Å²) in [6.07, 6.45) is -3.16. The van der Waals surface area contributed by atoms with E-state index >= 15 is 0 Å². The lowest BCUT2D eigenvalue weighted by Crippen LogP contribution is -2.70. The lowest BCUT2D eigenvalue weighted by atomic mass is 9.93. The number of rotatable bonds is 3. The van der Waals surface area contributed by atoms with E-state index in [4.69, 9.17) is 4.74 Å². The molecule has 38 heavy (non-hydrogen) atoms. The normalized spacial score (nSPS) is 29.0. The molecule has 198 valence electrons. The Hall–Kier alpha value is -3.31. The van der Waals surface area contributed by atoms with Crippen molar-refractivity contribution in [1.29, 1.82) is 0 Å². The van der Waals surface area contributed by atoms with Gasteiger partial charge in [0.1, 0.15) is 12.1 Å². The van der Waals surface area contributed by atoms with Crippen LogP contribution >= 0.6 is 11.8 Å². The maximum Gasteiger partial charge on any atom is 0.408 e. The number of ether oxygens (including phenoxy) is 1. The minimum absolute atomic E-state index is 0.378. The molecule has 1 saturated heterocycles. The van der Waals surface area contributed by atoms with Crippen LogP contribution < -0.4 is 0 Å². The van der Waals surface area contributed by atoms with Gasteiger partial charge in [-0.05, 0) is 35.8 Å². The van der Waals surface area contributed by atoms with Gasteiger partial charge in [0.05, 0.1) is 18.6 Å². The van der Waals surface area contributed by atoms with Crippen molar-refractivity contribution < 1.29 is 32.3 Å². The number of nitrogens with zero attached hydrogens (tertiary/aromatic N) is 3. The van der Waals surface area contributed by atoms with Gasteiger partial charge in [0.2, 0.25) is 0 Å². The number of thioether (sulfide) groups is 1. The Balaban J connectivity index is 1.57. The van der Waals surface area contributed by atoms with Gasteiger partial charge in [-0.2, -0.15) is 18.2 Å². The first kappa shape index (κ1) is 25.0. The molecule has 11 heteroatoms. The predicted molar refractivity (Wildman–Crippen MR) is 131 cm³/mol. The topological polar surface area (TPSA) is 70.2 Å². The first-order valence-corrected chi connectivity index (χ1v) is 13.2. The van der Waals surface area contributed by atoms with Gasteiger partial charge < -0.3 is 9.64 Å². The first-order valence-electron chi connectivity index (χ1n) is 12.2. The highest BCUT2D eigenvalue weighted by atomic mass is 32.2. The Labute approximate surface area is 221 Å². The summed E-state index contributed by atoms with van der Waals surface area (Å²) in [7, 11) is 0. The third-order valence-electron chi connectivity index (χ3n) is 7.82. The number of hydrazine groups is 1. The molecule has 0 radical (unpaired) electrons. The Morgan fingerprint density at radius 3 is 2.50 bits per heavy atom. The van der Waals surface area contributed by atoms with Gasteiger partial charge in [0, 0.05) is 23.8 Å². The number of alkyl halides is 3. The zero-order chi connectivity index (χ0) is 27.0. The molecule has 7 nitrogen and oxygen atoms in total. The maximum atomic E-state index is 14.1. The molecule has 0 bridgehead atoms. The minimum atomic E-state index is -4.70. The third-order valence-corrected chi connectivity index (χ3v) is 8.96. The number of ketones is 1. The molecule has 1 amide bonds. The number of carbonyl (C=O) groups excluding carboxylic acids is 3. The number of hydrogen-bond donors (Lipinski definition) is 0. The second-order valence-corrected chi connectivity index (χ2v) is 10.9. The number of carbonyl (C=O) groups is 3. The fourth-order valence-corrected chi connectivity index (χ4v) is 7.05. The number of halogens is 3. The zero-order valence-corrected chi connectivity index (χ0v) is 21.3. The van der Waals surface area contributed by atoms with Crippen LogP contribution in [0.5, 0.6) is 0 Å². The fraction of sp³-hybridized carbons (Fsp3) is 0.370. The van der Waals surface area contributed by atoms with Crippen molar-refractivity contribution >= 4 is 29.4 Å². The van der Waals surface area contributed by atoms with E-state index < -0.39 is 53.5 Å². The van der Waals surface area contributed by atoms with Crippen LogP contribution in [0.4, 0.5) is 13.2 Å². The average molecular weight is 544 g/mol.